The van der Waals surface area contributed by atoms with Gasteiger partial charge in [-0.1, -0.05) is 6.08 Å². The first-order chi connectivity index (χ1) is 4.97. The van der Waals surface area contributed by atoms with E-state index in [1.807, 2.05) is 12.1 Å². The van der Waals surface area contributed by atoms with Crippen LogP contribution in [0.5, 0.6) is 0 Å². The van der Waals surface area contributed by atoms with Crippen LogP contribution in [0.15, 0.2) is 28.9 Å². The van der Waals surface area contributed by atoms with Crippen molar-refractivity contribution in [2.75, 3.05) is 0 Å². The Hall–Kier alpha value is -1.11. The fraction of sp³-hybridized carbons (Fsp3) is 0.222. The zero-order chi connectivity index (χ0) is 6.81. The van der Waals surface area contributed by atoms with E-state index in [-0.39, 0.29) is 0 Å². The second-order valence-electron chi connectivity index (χ2n) is 2.44. The van der Waals surface area contributed by atoms with Gasteiger partial charge in [0.25, 0.3) is 0 Å². The van der Waals surface area contributed by atoms with E-state index < -0.39 is 0 Å². The molecule has 0 spiro atoms. The molecular formula is C9H9O+. The van der Waals surface area contributed by atoms with Gasteiger partial charge in [0, 0.05) is 12.1 Å². The molecule has 0 radical (unpaired) electrons. The summed E-state index contributed by atoms with van der Waals surface area (Å²) < 4.78 is 5.26. The molecule has 0 saturated carbocycles. The van der Waals surface area contributed by atoms with Crippen LogP contribution in [0, 0.1) is 0 Å². The summed E-state index contributed by atoms with van der Waals surface area (Å²) in [5, 5.41) is 0. The summed E-state index contributed by atoms with van der Waals surface area (Å²) in [5.74, 6) is 1.02. The van der Waals surface area contributed by atoms with Crippen molar-refractivity contribution in [1.82, 2.24) is 0 Å². The third kappa shape index (κ3) is 0.838. The molecule has 0 bridgehead atoms. The van der Waals surface area contributed by atoms with Crippen LogP contribution in [0.25, 0.3) is 6.08 Å². The third-order valence-corrected chi connectivity index (χ3v) is 1.74. The molecule has 1 aliphatic rings. The highest BCUT2D eigenvalue weighted by atomic mass is 16.3. The maximum atomic E-state index is 5.26. The normalized spacial score (nSPS) is 14.8. The van der Waals surface area contributed by atoms with Crippen LogP contribution in [-0.2, 0) is 6.42 Å². The summed E-state index contributed by atoms with van der Waals surface area (Å²) in [6, 6.07) is 4.06. The van der Waals surface area contributed by atoms with Crippen molar-refractivity contribution in [3.8, 4) is 0 Å². The molecule has 50 valence electrons. The van der Waals surface area contributed by atoms with Gasteiger partial charge in [0.15, 0.2) is 0 Å². The summed E-state index contributed by atoms with van der Waals surface area (Å²) in [4.78, 5) is 0. The lowest BCUT2D eigenvalue weighted by molar-refractivity contribution is 0.528. The summed E-state index contributed by atoms with van der Waals surface area (Å²) in [5.41, 5.74) is 1.32. The Labute approximate surface area is 60.0 Å². The molecule has 0 atom stereocenters. The molecule has 10 heavy (non-hydrogen) atoms. The highest BCUT2D eigenvalue weighted by molar-refractivity contribution is 5.49. The topological polar surface area (TPSA) is 11.3 Å². The van der Waals surface area contributed by atoms with Gasteiger partial charge in [0.05, 0.1) is 5.56 Å². The first kappa shape index (κ1) is 5.66. The average molecular weight is 133 g/mol. The maximum absolute atomic E-state index is 5.26. The molecule has 0 amide bonds. The van der Waals surface area contributed by atoms with Crippen LogP contribution < -0.4 is 0 Å². The number of fused-ring (bicyclic) bond motifs is 1. The summed E-state index contributed by atoms with van der Waals surface area (Å²) >= 11 is 0. The minimum absolute atomic E-state index is 1.02. The number of hydrogen-bond donors (Lipinski definition) is 0. The molecule has 1 nitrogen and oxygen atoms in total. The van der Waals surface area contributed by atoms with Gasteiger partial charge >= 0.3 is 12.0 Å². The molecule has 1 heterocycles. The highest BCUT2D eigenvalue weighted by Gasteiger charge is 2.12. The lowest BCUT2D eigenvalue weighted by atomic mass is 10.0. The SMILES string of the molecule is C1=Cc2[o+]cccc2CC1. The van der Waals surface area contributed by atoms with Crippen LogP contribution in [0.1, 0.15) is 17.7 Å². The van der Waals surface area contributed by atoms with Gasteiger partial charge in [0.2, 0.25) is 0 Å². The molecule has 0 unspecified atom stereocenters. The minimum Gasteiger partial charge on any atom is -0.216 e. The Morgan fingerprint density at radius 1 is 1.40 bits per heavy atom. The zero-order valence-corrected chi connectivity index (χ0v) is 5.71. The van der Waals surface area contributed by atoms with Crippen molar-refractivity contribution in [2.24, 2.45) is 0 Å². The fourth-order valence-corrected chi connectivity index (χ4v) is 1.21. The van der Waals surface area contributed by atoms with E-state index in [0.717, 1.165) is 18.6 Å². The predicted octanol–water partition coefficient (Wildman–Crippen LogP) is 2.52. The molecule has 0 fully saturated rings. The molecule has 1 heteroatoms. The third-order valence-electron chi connectivity index (χ3n) is 1.74. The van der Waals surface area contributed by atoms with Crippen LogP contribution in [0.4, 0.5) is 0 Å². The Morgan fingerprint density at radius 3 is 3.30 bits per heavy atom. The van der Waals surface area contributed by atoms with Crippen LogP contribution in [-0.4, -0.2) is 0 Å². The van der Waals surface area contributed by atoms with E-state index in [1.54, 1.807) is 6.26 Å². The monoisotopic (exact) mass is 133 g/mol. The summed E-state index contributed by atoms with van der Waals surface area (Å²) in [6.07, 6.45) is 8.17. The number of aryl methyl sites for hydroxylation is 1. The molecule has 1 aliphatic carbocycles. The van der Waals surface area contributed by atoms with Gasteiger partial charge in [-0.2, -0.15) is 0 Å². The molecule has 0 N–H and O–H groups in total. The molecule has 0 saturated heterocycles. The maximum Gasteiger partial charge on any atom is 0.355 e. The van der Waals surface area contributed by atoms with Gasteiger partial charge in [-0.3, -0.25) is 0 Å². The Balaban J connectivity index is 2.54. The first-order valence-electron chi connectivity index (χ1n) is 3.53. The molecule has 1 aromatic rings. The summed E-state index contributed by atoms with van der Waals surface area (Å²) in [6.45, 7) is 0. The second-order valence-corrected chi connectivity index (χ2v) is 2.44. The molecule has 2 rings (SSSR count). The van der Waals surface area contributed by atoms with Crippen molar-refractivity contribution in [2.45, 2.75) is 12.8 Å². The van der Waals surface area contributed by atoms with Crippen molar-refractivity contribution < 1.29 is 4.42 Å². The van der Waals surface area contributed by atoms with Gasteiger partial charge in [0.1, 0.15) is 0 Å². The van der Waals surface area contributed by atoms with E-state index in [1.165, 1.54) is 5.56 Å². The minimum atomic E-state index is 1.02. The molecule has 1 aromatic heterocycles. The van der Waals surface area contributed by atoms with Crippen molar-refractivity contribution in [1.29, 1.82) is 0 Å². The van der Waals surface area contributed by atoms with Gasteiger partial charge in [-0.25, -0.2) is 4.42 Å². The highest BCUT2D eigenvalue weighted by Crippen LogP contribution is 2.17. The average Bonchev–Trinajstić information content (AvgIpc) is 2.05. The fourth-order valence-electron chi connectivity index (χ4n) is 1.21. The lowest BCUT2D eigenvalue weighted by Gasteiger charge is -1.98. The molecular weight excluding hydrogens is 124 g/mol. The van der Waals surface area contributed by atoms with E-state index in [9.17, 15) is 0 Å². The predicted molar refractivity (Wildman–Crippen MR) is 40.5 cm³/mol. The molecule has 0 aliphatic heterocycles. The van der Waals surface area contributed by atoms with Crippen LogP contribution >= 0.6 is 0 Å². The quantitative estimate of drug-likeness (QED) is 0.495. The Bertz CT molecular complexity index is 263. The standard InChI is InChI=1S/C9H9O/c1-2-6-9-8(4-1)5-3-7-10-9/h2-3,5-7H,1,4H2/q+1. The second kappa shape index (κ2) is 2.25. The van der Waals surface area contributed by atoms with Crippen molar-refractivity contribution >= 4 is 6.08 Å². The van der Waals surface area contributed by atoms with Crippen LogP contribution in [0.3, 0.4) is 0 Å². The van der Waals surface area contributed by atoms with E-state index >= 15 is 0 Å². The Kier molecular flexibility index (Phi) is 1.28. The lowest BCUT2D eigenvalue weighted by Crippen LogP contribution is -1.91. The smallest absolute Gasteiger partial charge is 0.216 e. The van der Waals surface area contributed by atoms with E-state index in [2.05, 4.69) is 12.1 Å². The largest absolute Gasteiger partial charge is 0.355 e. The van der Waals surface area contributed by atoms with Gasteiger partial charge < -0.3 is 0 Å². The number of allylic oxidation sites excluding steroid dienone is 1. The van der Waals surface area contributed by atoms with Crippen LogP contribution in [0.2, 0.25) is 0 Å². The van der Waals surface area contributed by atoms with E-state index in [0.29, 0.717) is 0 Å². The van der Waals surface area contributed by atoms with Crippen molar-refractivity contribution in [3.05, 3.63) is 35.8 Å². The van der Waals surface area contributed by atoms with E-state index in [4.69, 9.17) is 4.42 Å². The number of rotatable bonds is 0. The van der Waals surface area contributed by atoms with Gasteiger partial charge in [-0.05, 0) is 18.9 Å². The molecule has 0 aromatic carbocycles. The summed E-state index contributed by atoms with van der Waals surface area (Å²) in [7, 11) is 0. The number of hydrogen-bond acceptors (Lipinski definition) is 0. The Morgan fingerprint density at radius 2 is 2.40 bits per heavy atom. The van der Waals surface area contributed by atoms with Crippen molar-refractivity contribution in [3.63, 3.8) is 0 Å². The first-order valence-corrected chi connectivity index (χ1v) is 3.53. The zero-order valence-electron chi connectivity index (χ0n) is 5.71. The van der Waals surface area contributed by atoms with Gasteiger partial charge in [-0.15, -0.1) is 0 Å².